The van der Waals surface area contributed by atoms with Crippen molar-refractivity contribution in [2.45, 2.75) is 37.8 Å². The van der Waals surface area contributed by atoms with Gasteiger partial charge in [-0.2, -0.15) is 0 Å². The lowest BCUT2D eigenvalue weighted by Crippen LogP contribution is -2.42. The Kier molecular flexibility index (Phi) is 2.40. The highest BCUT2D eigenvalue weighted by Gasteiger charge is 2.57. The second kappa shape index (κ2) is 3.70. The first-order valence-electron chi connectivity index (χ1n) is 6.27. The van der Waals surface area contributed by atoms with Crippen LogP contribution in [0.4, 0.5) is 0 Å². The number of aliphatic hydroxyl groups is 1. The third-order valence-electron chi connectivity index (χ3n) is 4.36. The standard InChI is InChI=1S/C12H17NO4/c14-6-1-5(2-6)11(15)13-10-4-8(10)7-3-9(7)12(16)17/h5-10,14H,1-4H2,(H,13,15)(H,16,17)/t5?,6?,7-,8+,9-,10+/m0/s1. The molecule has 4 atom stereocenters. The van der Waals surface area contributed by atoms with Gasteiger partial charge in [-0.25, -0.2) is 0 Å². The second-order valence-electron chi connectivity index (χ2n) is 5.68. The Labute approximate surface area is 99.2 Å². The molecule has 0 unspecified atom stereocenters. The summed E-state index contributed by atoms with van der Waals surface area (Å²) in [6, 6.07) is 0.189. The van der Waals surface area contributed by atoms with E-state index < -0.39 is 5.97 Å². The van der Waals surface area contributed by atoms with Crippen molar-refractivity contribution in [1.29, 1.82) is 0 Å². The van der Waals surface area contributed by atoms with Crippen LogP contribution in [-0.4, -0.2) is 34.2 Å². The summed E-state index contributed by atoms with van der Waals surface area (Å²) in [4.78, 5) is 22.4. The Hall–Kier alpha value is -1.10. The predicted molar refractivity (Wildman–Crippen MR) is 58.0 cm³/mol. The monoisotopic (exact) mass is 239 g/mol. The number of carboxylic acid groups (broad SMARTS) is 1. The van der Waals surface area contributed by atoms with Gasteiger partial charge in [0.2, 0.25) is 5.91 Å². The summed E-state index contributed by atoms with van der Waals surface area (Å²) in [6.45, 7) is 0. The molecule has 0 aromatic heterocycles. The van der Waals surface area contributed by atoms with Gasteiger partial charge in [0, 0.05) is 12.0 Å². The average molecular weight is 239 g/mol. The summed E-state index contributed by atoms with van der Waals surface area (Å²) in [7, 11) is 0. The Bertz CT molecular complexity index is 364. The number of carboxylic acids is 1. The fraction of sp³-hybridized carbons (Fsp3) is 0.833. The van der Waals surface area contributed by atoms with Gasteiger partial charge in [0.1, 0.15) is 0 Å². The number of rotatable bonds is 4. The number of hydrogen-bond donors (Lipinski definition) is 3. The lowest BCUT2D eigenvalue weighted by Gasteiger charge is -2.30. The Morgan fingerprint density at radius 2 is 1.76 bits per heavy atom. The first kappa shape index (κ1) is 11.0. The number of aliphatic hydroxyl groups excluding tert-OH is 1. The van der Waals surface area contributed by atoms with E-state index in [9.17, 15) is 9.59 Å². The maximum atomic E-state index is 11.7. The lowest BCUT2D eigenvalue weighted by atomic mass is 9.82. The van der Waals surface area contributed by atoms with Gasteiger partial charge in [0.05, 0.1) is 12.0 Å². The molecule has 0 radical (unpaired) electrons. The van der Waals surface area contributed by atoms with Crippen LogP contribution in [0.25, 0.3) is 0 Å². The molecule has 3 N–H and O–H groups in total. The highest BCUT2D eigenvalue weighted by atomic mass is 16.4. The Balaban J connectivity index is 1.41. The molecule has 5 nitrogen and oxygen atoms in total. The molecule has 5 heteroatoms. The molecule has 1 amide bonds. The fourth-order valence-electron chi connectivity index (χ4n) is 2.93. The van der Waals surface area contributed by atoms with E-state index in [1.165, 1.54) is 0 Å². The maximum absolute atomic E-state index is 11.7. The molecule has 17 heavy (non-hydrogen) atoms. The average Bonchev–Trinajstić information content (AvgIpc) is 3.04. The van der Waals surface area contributed by atoms with Crippen molar-refractivity contribution in [2.75, 3.05) is 0 Å². The molecule has 3 aliphatic carbocycles. The number of aliphatic carboxylic acids is 1. The van der Waals surface area contributed by atoms with Gasteiger partial charge in [-0.1, -0.05) is 0 Å². The number of carbonyl (C=O) groups is 2. The van der Waals surface area contributed by atoms with Gasteiger partial charge in [-0.3, -0.25) is 9.59 Å². The summed E-state index contributed by atoms with van der Waals surface area (Å²) in [5.41, 5.74) is 0. The van der Waals surface area contributed by atoms with Crippen LogP contribution >= 0.6 is 0 Å². The Morgan fingerprint density at radius 1 is 1.06 bits per heavy atom. The van der Waals surface area contributed by atoms with E-state index in [-0.39, 0.29) is 35.8 Å². The van der Waals surface area contributed by atoms with Crippen LogP contribution in [0.3, 0.4) is 0 Å². The molecule has 0 spiro atoms. The van der Waals surface area contributed by atoms with Gasteiger partial charge in [0.25, 0.3) is 0 Å². The minimum atomic E-state index is -0.700. The molecule has 0 saturated heterocycles. The van der Waals surface area contributed by atoms with Crippen LogP contribution in [0, 0.1) is 23.7 Å². The molecule has 0 aromatic carbocycles. The molecule has 3 fully saturated rings. The smallest absolute Gasteiger partial charge is 0.306 e. The van der Waals surface area contributed by atoms with Crippen LogP contribution in [0.15, 0.2) is 0 Å². The van der Waals surface area contributed by atoms with Crippen LogP contribution in [-0.2, 0) is 9.59 Å². The maximum Gasteiger partial charge on any atom is 0.306 e. The third-order valence-corrected chi connectivity index (χ3v) is 4.36. The van der Waals surface area contributed by atoms with E-state index in [0.29, 0.717) is 18.8 Å². The quantitative estimate of drug-likeness (QED) is 0.643. The highest BCUT2D eigenvalue weighted by Crippen LogP contribution is 2.54. The van der Waals surface area contributed by atoms with Crippen molar-refractivity contribution in [3.63, 3.8) is 0 Å². The van der Waals surface area contributed by atoms with E-state index >= 15 is 0 Å². The summed E-state index contributed by atoms with van der Waals surface area (Å²) in [6.07, 6.45) is 2.54. The van der Waals surface area contributed by atoms with E-state index in [1.54, 1.807) is 0 Å². The number of carbonyl (C=O) groups excluding carboxylic acids is 1. The van der Waals surface area contributed by atoms with Crippen LogP contribution in [0.1, 0.15) is 25.7 Å². The number of nitrogens with one attached hydrogen (secondary N) is 1. The van der Waals surface area contributed by atoms with Gasteiger partial charge in [0.15, 0.2) is 0 Å². The predicted octanol–water partition coefficient (Wildman–Crippen LogP) is -0.0173. The topological polar surface area (TPSA) is 86.6 Å². The van der Waals surface area contributed by atoms with E-state index in [4.69, 9.17) is 10.2 Å². The van der Waals surface area contributed by atoms with Crippen LogP contribution < -0.4 is 5.32 Å². The lowest BCUT2D eigenvalue weighted by molar-refractivity contribution is -0.138. The number of hydrogen-bond acceptors (Lipinski definition) is 3. The zero-order valence-corrected chi connectivity index (χ0v) is 9.50. The Morgan fingerprint density at radius 3 is 2.29 bits per heavy atom. The highest BCUT2D eigenvalue weighted by molar-refractivity contribution is 5.80. The van der Waals surface area contributed by atoms with Crippen molar-refractivity contribution >= 4 is 11.9 Å². The van der Waals surface area contributed by atoms with E-state index in [2.05, 4.69) is 5.32 Å². The van der Waals surface area contributed by atoms with E-state index in [1.807, 2.05) is 0 Å². The van der Waals surface area contributed by atoms with Crippen LogP contribution in [0.5, 0.6) is 0 Å². The zero-order chi connectivity index (χ0) is 12.2. The van der Waals surface area contributed by atoms with Crippen molar-refractivity contribution in [2.24, 2.45) is 23.7 Å². The molecule has 3 saturated carbocycles. The van der Waals surface area contributed by atoms with Gasteiger partial charge >= 0.3 is 5.97 Å². The molecule has 0 bridgehead atoms. The summed E-state index contributed by atoms with van der Waals surface area (Å²) >= 11 is 0. The van der Waals surface area contributed by atoms with Gasteiger partial charge in [-0.05, 0) is 37.5 Å². The van der Waals surface area contributed by atoms with Crippen molar-refractivity contribution in [3.8, 4) is 0 Å². The normalized spacial score (nSPS) is 46.9. The largest absolute Gasteiger partial charge is 0.481 e. The summed E-state index contributed by atoms with van der Waals surface area (Å²) in [5, 5.41) is 20.9. The SMILES string of the molecule is O=C(N[C@@H]1C[C@@H]1[C@@H]1C[C@@H]1C(=O)O)C1CC(O)C1. The minimum absolute atomic E-state index is 0.0271. The summed E-state index contributed by atoms with van der Waals surface area (Å²) < 4.78 is 0. The zero-order valence-electron chi connectivity index (χ0n) is 9.50. The third kappa shape index (κ3) is 2.04. The minimum Gasteiger partial charge on any atom is -0.481 e. The first-order valence-corrected chi connectivity index (χ1v) is 6.27. The molecule has 94 valence electrons. The summed E-state index contributed by atoms with van der Waals surface area (Å²) in [5.74, 6) is -0.201. The molecule has 3 aliphatic rings. The first-order chi connectivity index (χ1) is 8.06. The molecular weight excluding hydrogens is 222 g/mol. The molecule has 0 heterocycles. The number of amides is 1. The van der Waals surface area contributed by atoms with Gasteiger partial charge in [-0.15, -0.1) is 0 Å². The van der Waals surface area contributed by atoms with Crippen molar-refractivity contribution in [3.05, 3.63) is 0 Å². The van der Waals surface area contributed by atoms with Crippen molar-refractivity contribution in [1.82, 2.24) is 5.32 Å². The molecule has 0 aliphatic heterocycles. The fourth-order valence-corrected chi connectivity index (χ4v) is 2.93. The molecule has 3 rings (SSSR count). The van der Waals surface area contributed by atoms with Crippen molar-refractivity contribution < 1.29 is 19.8 Å². The van der Waals surface area contributed by atoms with Gasteiger partial charge < -0.3 is 15.5 Å². The molecule has 0 aromatic rings. The molecular formula is C12H17NO4. The van der Waals surface area contributed by atoms with E-state index in [0.717, 1.165) is 12.8 Å². The van der Waals surface area contributed by atoms with Crippen LogP contribution in [0.2, 0.25) is 0 Å². The second-order valence-corrected chi connectivity index (χ2v) is 5.68.